The number of methoxy groups -OCH3 is 1. The number of halogens is 1. The Kier molecular flexibility index (Phi) is 5.94. The number of benzene rings is 2. The van der Waals surface area contributed by atoms with Crippen LogP contribution in [0.2, 0.25) is 0 Å². The minimum Gasteiger partial charge on any atom is -0.497 e. The second-order valence-electron chi connectivity index (χ2n) is 7.04. The zero-order valence-corrected chi connectivity index (χ0v) is 17.9. The first-order chi connectivity index (χ1) is 15.0. The van der Waals surface area contributed by atoms with Gasteiger partial charge in [-0.1, -0.05) is 0 Å². The van der Waals surface area contributed by atoms with E-state index in [4.69, 9.17) is 4.74 Å². The highest BCUT2D eigenvalue weighted by Crippen LogP contribution is 2.26. The molecule has 1 aliphatic heterocycles. The van der Waals surface area contributed by atoms with E-state index >= 15 is 0 Å². The van der Waals surface area contributed by atoms with Gasteiger partial charge in [0.05, 0.1) is 36.1 Å². The van der Waals surface area contributed by atoms with Crippen LogP contribution in [0.15, 0.2) is 54.7 Å². The third-order valence-electron chi connectivity index (χ3n) is 5.11. The lowest BCUT2D eigenvalue weighted by molar-refractivity contribution is -0.119. The summed E-state index contributed by atoms with van der Waals surface area (Å²) in [5.41, 5.74) is 2.33. The Morgan fingerprint density at radius 1 is 1.16 bits per heavy atom. The van der Waals surface area contributed by atoms with Crippen LogP contribution in [0.1, 0.15) is 16.1 Å². The van der Waals surface area contributed by atoms with Crippen LogP contribution >= 0.6 is 11.8 Å². The SMILES string of the molecule is COc1ccc(NC(=O)C2CSCN2C(=O)c2cnn(-c3ccc(F)cc3)c2C)cc1. The van der Waals surface area contributed by atoms with Crippen molar-refractivity contribution < 1.29 is 18.7 Å². The monoisotopic (exact) mass is 440 g/mol. The maximum Gasteiger partial charge on any atom is 0.258 e. The molecule has 0 radical (unpaired) electrons. The van der Waals surface area contributed by atoms with E-state index in [0.717, 1.165) is 0 Å². The van der Waals surface area contributed by atoms with Crippen molar-refractivity contribution in [3.8, 4) is 11.4 Å². The van der Waals surface area contributed by atoms with E-state index in [9.17, 15) is 14.0 Å². The number of aromatic nitrogens is 2. The fourth-order valence-corrected chi connectivity index (χ4v) is 4.53. The van der Waals surface area contributed by atoms with Crippen molar-refractivity contribution in [1.82, 2.24) is 14.7 Å². The van der Waals surface area contributed by atoms with Crippen molar-refractivity contribution in [2.75, 3.05) is 24.1 Å². The minimum absolute atomic E-state index is 0.243. The number of nitrogens with zero attached hydrogens (tertiary/aromatic N) is 3. The molecule has 0 bridgehead atoms. The first-order valence-electron chi connectivity index (χ1n) is 9.62. The predicted molar refractivity (Wildman–Crippen MR) is 117 cm³/mol. The van der Waals surface area contributed by atoms with E-state index < -0.39 is 6.04 Å². The van der Waals surface area contributed by atoms with Crippen LogP contribution in [-0.4, -0.2) is 51.3 Å². The first-order valence-corrected chi connectivity index (χ1v) is 10.8. The smallest absolute Gasteiger partial charge is 0.258 e. The number of hydrogen-bond donors (Lipinski definition) is 1. The highest BCUT2D eigenvalue weighted by molar-refractivity contribution is 7.99. The lowest BCUT2D eigenvalue weighted by Crippen LogP contribution is -2.44. The van der Waals surface area contributed by atoms with Crippen molar-refractivity contribution >= 4 is 29.3 Å². The Balaban J connectivity index is 1.51. The Labute approximate surface area is 183 Å². The van der Waals surface area contributed by atoms with Crippen LogP contribution in [0, 0.1) is 12.7 Å². The molecule has 2 heterocycles. The van der Waals surface area contributed by atoms with Crippen LogP contribution < -0.4 is 10.1 Å². The molecular weight excluding hydrogens is 419 g/mol. The fraction of sp³-hybridized carbons (Fsp3) is 0.227. The molecule has 1 aromatic heterocycles. The molecule has 4 rings (SSSR count). The molecule has 0 saturated carbocycles. The number of nitrogens with one attached hydrogen (secondary N) is 1. The van der Waals surface area contributed by atoms with Gasteiger partial charge in [-0.15, -0.1) is 11.8 Å². The standard InChI is InChI=1S/C22H21FN4O3S/c1-14-19(11-24-27(14)17-7-3-15(23)4-8-17)22(29)26-13-31-12-20(26)21(28)25-16-5-9-18(30-2)10-6-16/h3-11,20H,12-13H2,1-2H3,(H,25,28). The number of carbonyl (C=O) groups excluding carboxylic acids is 2. The first kappa shape index (κ1) is 20.9. The van der Waals surface area contributed by atoms with Gasteiger partial charge in [-0.25, -0.2) is 9.07 Å². The van der Waals surface area contributed by atoms with Gasteiger partial charge in [0, 0.05) is 11.4 Å². The zero-order valence-electron chi connectivity index (χ0n) is 17.0. The van der Waals surface area contributed by atoms with Crippen LogP contribution in [-0.2, 0) is 4.79 Å². The molecule has 1 fully saturated rings. The molecule has 9 heteroatoms. The van der Waals surface area contributed by atoms with E-state index in [2.05, 4.69) is 10.4 Å². The Bertz CT molecular complexity index is 1100. The molecule has 1 unspecified atom stereocenters. The zero-order chi connectivity index (χ0) is 22.0. The number of ether oxygens (including phenoxy) is 1. The maximum absolute atomic E-state index is 13.2. The van der Waals surface area contributed by atoms with Gasteiger partial charge in [0.25, 0.3) is 5.91 Å². The molecule has 2 aromatic carbocycles. The summed E-state index contributed by atoms with van der Waals surface area (Å²) < 4.78 is 19.9. The molecule has 3 aromatic rings. The molecule has 2 amide bonds. The summed E-state index contributed by atoms with van der Waals surface area (Å²) in [5.74, 6) is 0.780. The van der Waals surface area contributed by atoms with Crippen LogP contribution in [0.3, 0.4) is 0 Å². The molecule has 1 aliphatic rings. The van der Waals surface area contributed by atoms with Gasteiger partial charge in [0.1, 0.15) is 17.6 Å². The quantitative estimate of drug-likeness (QED) is 0.657. The molecule has 0 aliphatic carbocycles. The minimum atomic E-state index is -0.590. The highest BCUT2D eigenvalue weighted by Gasteiger charge is 2.36. The third kappa shape index (κ3) is 4.27. The molecule has 0 spiro atoms. The summed E-state index contributed by atoms with van der Waals surface area (Å²) in [4.78, 5) is 27.6. The second-order valence-corrected chi connectivity index (χ2v) is 8.04. The Morgan fingerprint density at radius 3 is 2.55 bits per heavy atom. The van der Waals surface area contributed by atoms with Gasteiger partial charge in [0.15, 0.2) is 0 Å². The van der Waals surface area contributed by atoms with Crippen LogP contribution in [0.4, 0.5) is 10.1 Å². The summed E-state index contributed by atoms with van der Waals surface area (Å²) in [6.07, 6.45) is 1.49. The predicted octanol–water partition coefficient (Wildman–Crippen LogP) is 3.48. The third-order valence-corrected chi connectivity index (χ3v) is 6.13. The fourth-order valence-electron chi connectivity index (χ4n) is 3.38. The number of anilines is 1. The van der Waals surface area contributed by atoms with Crippen molar-refractivity contribution in [2.24, 2.45) is 0 Å². The van der Waals surface area contributed by atoms with Crippen molar-refractivity contribution in [2.45, 2.75) is 13.0 Å². The summed E-state index contributed by atoms with van der Waals surface area (Å²) in [7, 11) is 1.58. The summed E-state index contributed by atoms with van der Waals surface area (Å²) in [6, 6.07) is 12.3. The van der Waals surface area contributed by atoms with Crippen molar-refractivity contribution in [3.05, 3.63) is 71.8 Å². The Morgan fingerprint density at radius 2 is 1.87 bits per heavy atom. The van der Waals surface area contributed by atoms with Crippen LogP contribution in [0.5, 0.6) is 5.75 Å². The normalized spacial score (nSPS) is 15.7. The number of hydrogen-bond acceptors (Lipinski definition) is 5. The number of carbonyl (C=O) groups is 2. The average molecular weight is 441 g/mol. The number of rotatable bonds is 5. The number of thioether (sulfide) groups is 1. The molecular formula is C22H21FN4O3S. The van der Waals surface area contributed by atoms with E-state index in [1.807, 2.05) is 0 Å². The van der Waals surface area contributed by atoms with Gasteiger partial charge < -0.3 is 15.0 Å². The molecule has 7 nitrogen and oxygen atoms in total. The van der Waals surface area contributed by atoms with Crippen LogP contribution in [0.25, 0.3) is 5.69 Å². The van der Waals surface area contributed by atoms with Gasteiger partial charge in [0.2, 0.25) is 5.91 Å². The summed E-state index contributed by atoms with van der Waals surface area (Å²) >= 11 is 1.52. The highest BCUT2D eigenvalue weighted by atomic mass is 32.2. The second kappa shape index (κ2) is 8.81. The van der Waals surface area contributed by atoms with E-state index in [0.29, 0.717) is 40.0 Å². The lowest BCUT2D eigenvalue weighted by atomic mass is 10.2. The topological polar surface area (TPSA) is 76.5 Å². The van der Waals surface area contributed by atoms with Crippen molar-refractivity contribution in [1.29, 1.82) is 0 Å². The van der Waals surface area contributed by atoms with Gasteiger partial charge in [-0.05, 0) is 55.5 Å². The average Bonchev–Trinajstić information content (AvgIpc) is 3.42. The molecule has 1 N–H and O–H groups in total. The number of amides is 2. The molecule has 160 valence electrons. The largest absolute Gasteiger partial charge is 0.497 e. The Hall–Kier alpha value is -3.33. The van der Waals surface area contributed by atoms with E-state index in [-0.39, 0.29) is 17.6 Å². The maximum atomic E-state index is 13.2. The summed E-state index contributed by atoms with van der Waals surface area (Å²) in [5, 5.41) is 7.15. The molecule has 1 atom stereocenters. The van der Waals surface area contributed by atoms with Crippen molar-refractivity contribution in [3.63, 3.8) is 0 Å². The van der Waals surface area contributed by atoms with Gasteiger partial charge in [-0.3, -0.25) is 9.59 Å². The molecule has 1 saturated heterocycles. The lowest BCUT2D eigenvalue weighted by Gasteiger charge is -2.23. The van der Waals surface area contributed by atoms with Gasteiger partial charge in [-0.2, -0.15) is 5.10 Å². The summed E-state index contributed by atoms with van der Waals surface area (Å²) in [6.45, 7) is 1.78. The van der Waals surface area contributed by atoms with E-state index in [1.54, 1.807) is 60.0 Å². The molecule has 31 heavy (non-hydrogen) atoms. The van der Waals surface area contributed by atoms with Gasteiger partial charge >= 0.3 is 0 Å². The van der Waals surface area contributed by atoms with E-state index in [1.165, 1.54) is 30.1 Å².